The molecule has 0 fully saturated rings. The van der Waals surface area contributed by atoms with E-state index in [1.807, 2.05) is 30.3 Å². The number of amides is 1. The lowest BCUT2D eigenvalue weighted by Gasteiger charge is -2.16. The monoisotopic (exact) mass is 203 g/mol. The summed E-state index contributed by atoms with van der Waals surface area (Å²) in [5, 5.41) is 8.92. The van der Waals surface area contributed by atoms with E-state index in [0.717, 1.165) is 11.1 Å². The van der Waals surface area contributed by atoms with Crippen LogP contribution in [0, 0.1) is 0 Å². The first kappa shape index (κ1) is 9.93. The maximum absolute atomic E-state index is 11.5. The summed E-state index contributed by atoms with van der Waals surface area (Å²) in [5.74, 6) is -0.0112. The molecule has 1 aromatic carbocycles. The molecule has 78 valence electrons. The molecule has 0 unspecified atom stereocenters. The van der Waals surface area contributed by atoms with Crippen molar-refractivity contribution in [3.8, 4) is 0 Å². The van der Waals surface area contributed by atoms with Gasteiger partial charge in [-0.1, -0.05) is 30.3 Å². The zero-order chi connectivity index (χ0) is 10.7. The van der Waals surface area contributed by atoms with Gasteiger partial charge in [0.1, 0.15) is 0 Å². The van der Waals surface area contributed by atoms with Crippen molar-refractivity contribution in [3.05, 3.63) is 47.5 Å². The summed E-state index contributed by atoms with van der Waals surface area (Å²) < 4.78 is 0. The fourth-order valence-corrected chi connectivity index (χ4v) is 1.67. The van der Waals surface area contributed by atoms with Gasteiger partial charge in [-0.05, 0) is 11.1 Å². The number of rotatable bonds is 3. The lowest BCUT2D eigenvalue weighted by Crippen LogP contribution is -2.25. The molecule has 3 nitrogen and oxygen atoms in total. The number of hydrogen-bond acceptors (Lipinski definition) is 2. The molecule has 0 radical (unpaired) electrons. The molecule has 1 aromatic rings. The van der Waals surface area contributed by atoms with Crippen LogP contribution >= 0.6 is 0 Å². The summed E-state index contributed by atoms with van der Waals surface area (Å²) >= 11 is 0. The van der Waals surface area contributed by atoms with Crippen LogP contribution in [0.2, 0.25) is 0 Å². The van der Waals surface area contributed by atoms with Gasteiger partial charge in [0.15, 0.2) is 0 Å². The molecule has 0 bridgehead atoms. The van der Waals surface area contributed by atoms with E-state index in [9.17, 15) is 4.79 Å². The molecule has 1 aliphatic heterocycles. The molecule has 1 amide bonds. The first-order chi connectivity index (χ1) is 7.29. The van der Waals surface area contributed by atoms with Crippen molar-refractivity contribution < 1.29 is 9.90 Å². The molecule has 2 rings (SSSR count). The summed E-state index contributed by atoms with van der Waals surface area (Å²) in [5.41, 5.74) is 1.90. The fourth-order valence-electron chi connectivity index (χ4n) is 1.67. The van der Waals surface area contributed by atoms with Crippen molar-refractivity contribution >= 4 is 5.91 Å². The first-order valence-corrected chi connectivity index (χ1v) is 4.93. The lowest BCUT2D eigenvalue weighted by atomic mass is 10.2. The Labute approximate surface area is 88.6 Å². The standard InChI is InChI=1S/C12H13NO2/c14-9-11-6-12(15)13(8-11)7-10-4-2-1-3-5-10/h1-6,14H,7-9H2. The second-order valence-corrected chi connectivity index (χ2v) is 3.64. The van der Waals surface area contributed by atoms with Gasteiger partial charge >= 0.3 is 0 Å². The summed E-state index contributed by atoms with van der Waals surface area (Å²) in [6.07, 6.45) is 1.52. The normalized spacial score (nSPS) is 15.7. The van der Waals surface area contributed by atoms with Gasteiger partial charge in [0.05, 0.1) is 6.61 Å². The Hall–Kier alpha value is -1.61. The molecule has 0 atom stereocenters. The van der Waals surface area contributed by atoms with Crippen molar-refractivity contribution in [1.82, 2.24) is 4.90 Å². The summed E-state index contributed by atoms with van der Waals surface area (Å²) in [6.45, 7) is 1.13. The minimum atomic E-state index is -0.0307. The summed E-state index contributed by atoms with van der Waals surface area (Å²) in [4.78, 5) is 13.2. The fraction of sp³-hybridized carbons (Fsp3) is 0.250. The minimum absolute atomic E-state index is 0.0112. The van der Waals surface area contributed by atoms with Crippen LogP contribution in [0.5, 0.6) is 0 Å². The molecule has 1 aliphatic rings. The molecule has 0 aromatic heterocycles. The molecule has 1 heterocycles. The molecule has 3 heteroatoms. The van der Waals surface area contributed by atoms with Crippen molar-refractivity contribution in [1.29, 1.82) is 0 Å². The highest BCUT2D eigenvalue weighted by Gasteiger charge is 2.20. The number of nitrogens with zero attached hydrogens (tertiary/aromatic N) is 1. The number of carbonyl (C=O) groups is 1. The van der Waals surface area contributed by atoms with E-state index in [0.29, 0.717) is 13.1 Å². The Bertz CT molecular complexity index is 384. The third kappa shape index (κ3) is 2.25. The third-order valence-corrected chi connectivity index (χ3v) is 2.45. The zero-order valence-electron chi connectivity index (χ0n) is 8.39. The van der Waals surface area contributed by atoms with Gasteiger partial charge in [0.2, 0.25) is 5.91 Å². The highest BCUT2D eigenvalue weighted by Crippen LogP contribution is 2.13. The number of hydrogen-bond donors (Lipinski definition) is 1. The van der Waals surface area contributed by atoms with Gasteiger partial charge in [0.25, 0.3) is 0 Å². The van der Waals surface area contributed by atoms with Crippen molar-refractivity contribution in [2.24, 2.45) is 0 Å². The molecule has 1 N–H and O–H groups in total. The van der Waals surface area contributed by atoms with E-state index < -0.39 is 0 Å². The highest BCUT2D eigenvalue weighted by atomic mass is 16.3. The number of benzene rings is 1. The van der Waals surface area contributed by atoms with Gasteiger partial charge in [-0.25, -0.2) is 0 Å². The largest absolute Gasteiger partial charge is 0.392 e. The Kier molecular flexibility index (Phi) is 2.83. The van der Waals surface area contributed by atoms with Crippen LogP contribution in [0.25, 0.3) is 0 Å². The average Bonchev–Trinajstić information content (AvgIpc) is 2.61. The van der Waals surface area contributed by atoms with Gasteiger partial charge in [0, 0.05) is 19.2 Å². The SMILES string of the molecule is O=C1C=C(CO)CN1Cc1ccccc1. The van der Waals surface area contributed by atoms with Crippen molar-refractivity contribution in [2.45, 2.75) is 6.54 Å². The molecule has 0 saturated carbocycles. The van der Waals surface area contributed by atoms with Crippen molar-refractivity contribution in [2.75, 3.05) is 13.2 Å². The highest BCUT2D eigenvalue weighted by molar-refractivity contribution is 5.91. The van der Waals surface area contributed by atoms with E-state index in [1.165, 1.54) is 6.08 Å². The van der Waals surface area contributed by atoms with E-state index in [4.69, 9.17) is 5.11 Å². The second-order valence-electron chi connectivity index (χ2n) is 3.64. The quantitative estimate of drug-likeness (QED) is 0.794. The van der Waals surface area contributed by atoms with Crippen LogP contribution in [-0.4, -0.2) is 29.1 Å². The van der Waals surface area contributed by atoms with E-state index in [2.05, 4.69) is 0 Å². The van der Waals surface area contributed by atoms with Crippen LogP contribution in [0.15, 0.2) is 42.0 Å². The molecular formula is C12H13NO2. The van der Waals surface area contributed by atoms with Gasteiger partial charge < -0.3 is 10.0 Å². The van der Waals surface area contributed by atoms with Crippen LogP contribution in [-0.2, 0) is 11.3 Å². The third-order valence-electron chi connectivity index (χ3n) is 2.45. The Balaban J connectivity index is 2.01. The predicted octanol–water partition coefficient (Wildman–Crippen LogP) is 0.948. The van der Waals surface area contributed by atoms with E-state index in [-0.39, 0.29) is 12.5 Å². The minimum Gasteiger partial charge on any atom is -0.392 e. The molecular weight excluding hydrogens is 190 g/mol. The van der Waals surface area contributed by atoms with Gasteiger partial charge in [-0.15, -0.1) is 0 Å². The summed E-state index contributed by atoms with van der Waals surface area (Å²) in [6, 6.07) is 9.84. The maximum atomic E-state index is 11.5. The van der Waals surface area contributed by atoms with E-state index in [1.54, 1.807) is 4.90 Å². The maximum Gasteiger partial charge on any atom is 0.247 e. The molecule has 15 heavy (non-hydrogen) atoms. The number of carbonyl (C=O) groups excluding carboxylic acids is 1. The van der Waals surface area contributed by atoms with Crippen LogP contribution in [0.1, 0.15) is 5.56 Å². The smallest absolute Gasteiger partial charge is 0.247 e. The Morgan fingerprint density at radius 2 is 2.00 bits per heavy atom. The average molecular weight is 203 g/mol. The molecule has 0 aliphatic carbocycles. The lowest BCUT2D eigenvalue weighted by molar-refractivity contribution is -0.125. The Morgan fingerprint density at radius 1 is 1.27 bits per heavy atom. The predicted molar refractivity (Wildman–Crippen MR) is 57.0 cm³/mol. The summed E-state index contributed by atoms with van der Waals surface area (Å²) in [7, 11) is 0. The van der Waals surface area contributed by atoms with Gasteiger partial charge in [-0.2, -0.15) is 0 Å². The zero-order valence-corrected chi connectivity index (χ0v) is 8.39. The number of aliphatic hydroxyl groups is 1. The Morgan fingerprint density at radius 3 is 2.60 bits per heavy atom. The second kappa shape index (κ2) is 4.28. The van der Waals surface area contributed by atoms with E-state index >= 15 is 0 Å². The molecule has 0 saturated heterocycles. The van der Waals surface area contributed by atoms with Crippen molar-refractivity contribution in [3.63, 3.8) is 0 Å². The van der Waals surface area contributed by atoms with Crippen LogP contribution < -0.4 is 0 Å². The number of aliphatic hydroxyl groups excluding tert-OH is 1. The van der Waals surface area contributed by atoms with Crippen LogP contribution in [0.4, 0.5) is 0 Å². The van der Waals surface area contributed by atoms with Gasteiger partial charge in [-0.3, -0.25) is 4.79 Å². The molecule has 0 spiro atoms. The topological polar surface area (TPSA) is 40.5 Å². The van der Waals surface area contributed by atoms with Crippen LogP contribution in [0.3, 0.4) is 0 Å². The first-order valence-electron chi connectivity index (χ1n) is 4.93.